The normalized spacial score (nSPS) is 20.2. The summed E-state index contributed by atoms with van der Waals surface area (Å²) in [6.07, 6.45) is 7.72. The van der Waals surface area contributed by atoms with Crippen LogP contribution in [0.15, 0.2) is 42.5 Å². The monoisotopic (exact) mass is 570 g/mol. The van der Waals surface area contributed by atoms with Crippen molar-refractivity contribution in [2.45, 2.75) is 63.8 Å². The van der Waals surface area contributed by atoms with Gasteiger partial charge in [0.2, 0.25) is 5.91 Å². The number of carbonyl (C=O) groups is 2. The molecule has 39 heavy (non-hydrogen) atoms. The Morgan fingerprint density at radius 1 is 0.897 bits per heavy atom. The van der Waals surface area contributed by atoms with Crippen LogP contribution in [0.25, 0.3) is 22.2 Å². The van der Waals surface area contributed by atoms with Crippen molar-refractivity contribution in [2.24, 2.45) is 0 Å². The molecule has 1 aromatic heterocycles. The molecule has 1 aliphatic carbocycles. The molecule has 10 heteroatoms. The van der Waals surface area contributed by atoms with Crippen molar-refractivity contribution >= 4 is 44.5 Å². The number of benzene rings is 2. The minimum atomic E-state index is -3.98. The molecule has 5 rings (SSSR count). The molecule has 2 heterocycles. The van der Waals surface area contributed by atoms with E-state index in [0.29, 0.717) is 23.9 Å². The first-order valence-electron chi connectivity index (χ1n) is 13.7. The highest BCUT2D eigenvalue weighted by Crippen LogP contribution is 2.44. The van der Waals surface area contributed by atoms with E-state index in [-0.39, 0.29) is 24.6 Å². The number of nitrogens with zero attached hydrogens (tertiary/aromatic N) is 2. The lowest BCUT2D eigenvalue weighted by molar-refractivity contribution is -0.121. The molecular formula is C29H35ClN4O4S. The lowest BCUT2D eigenvalue weighted by Crippen LogP contribution is -2.42. The van der Waals surface area contributed by atoms with Crippen LogP contribution in [0.3, 0.4) is 0 Å². The Morgan fingerprint density at radius 3 is 2.33 bits per heavy atom. The molecule has 2 aliphatic rings. The predicted octanol–water partition coefficient (Wildman–Crippen LogP) is 5.22. The Labute approximate surface area is 234 Å². The molecule has 3 aromatic rings. The van der Waals surface area contributed by atoms with Crippen molar-refractivity contribution in [2.75, 3.05) is 20.1 Å². The second-order valence-corrected chi connectivity index (χ2v) is 12.8. The quantitative estimate of drug-likeness (QED) is 0.441. The highest BCUT2D eigenvalue weighted by molar-refractivity contribution is 7.87. The van der Waals surface area contributed by atoms with Gasteiger partial charge in [0.25, 0.3) is 5.91 Å². The Balaban J connectivity index is 1.71. The molecule has 1 fully saturated rings. The number of hydrogen-bond acceptors (Lipinski definition) is 4. The molecule has 2 bridgehead atoms. The molecule has 0 saturated heterocycles. The molecular weight excluding hydrogens is 536 g/mol. The maximum absolute atomic E-state index is 13.2. The van der Waals surface area contributed by atoms with Crippen molar-refractivity contribution < 1.29 is 18.0 Å². The summed E-state index contributed by atoms with van der Waals surface area (Å²) in [5.41, 5.74) is 4.05. The number of carbonyl (C=O) groups excluding carboxylic acids is 2. The first-order chi connectivity index (χ1) is 18.7. The Bertz CT molecular complexity index is 1480. The van der Waals surface area contributed by atoms with Gasteiger partial charge in [-0.3, -0.25) is 9.59 Å². The molecule has 2 N–H and O–H groups in total. The van der Waals surface area contributed by atoms with Crippen LogP contribution in [0.4, 0.5) is 0 Å². The molecule has 0 spiro atoms. The van der Waals surface area contributed by atoms with Crippen LogP contribution < -0.4 is 10.0 Å². The zero-order valence-corrected chi connectivity index (χ0v) is 23.8. The molecule has 1 saturated carbocycles. The van der Waals surface area contributed by atoms with Crippen LogP contribution in [0, 0.1) is 0 Å². The van der Waals surface area contributed by atoms with Crippen LogP contribution >= 0.6 is 11.6 Å². The third-order valence-corrected chi connectivity index (χ3v) is 9.60. The van der Waals surface area contributed by atoms with Crippen molar-refractivity contribution in [1.29, 1.82) is 0 Å². The van der Waals surface area contributed by atoms with Crippen LogP contribution in [0.1, 0.15) is 73.2 Å². The van der Waals surface area contributed by atoms with Crippen LogP contribution in [-0.2, 0) is 21.5 Å². The van der Waals surface area contributed by atoms with Gasteiger partial charge < -0.3 is 9.88 Å². The summed E-state index contributed by atoms with van der Waals surface area (Å²) in [4.78, 5) is 26.4. The highest BCUT2D eigenvalue weighted by atomic mass is 35.5. The molecule has 8 nitrogen and oxygen atoms in total. The standard InChI is InChI=1S/C29H35ClN4O4S/c1-33-17-7-3-6-16-31-26(35)19-34-25-18-22(29(36)32-39(33,37)38)12-15-24(25)27(20-8-4-2-5-9-20)28(34)21-10-13-23(30)14-11-21/h10-15,18,20H,2-9,16-17,19H2,1H3,(H,31,35)(H,32,36). The zero-order chi connectivity index (χ0) is 27.6. The van der Waals surface area contributed by atoms with Gasteiger partial charge >= 0.3 is 10.2 Å². The second-order valence-electron chi connectivity index (χ2n) is 10.6. The van der Waals surface area contributed by atoms with Gasteiger partial charge in [0, 0.05) is 36.1 Å². The number of rotatable bonds is 2. The van der Waals surface area contributed by atoms with E-state index in [2.05, 4.69) is 10.0 Å². The van der Waals surface area contributed by atoms with Gasteiger partial charge in [0.05, 0.1) is 11.2 Å². The lowest BCUT2D eigenvalue weighted by Gasteiger charge is -2.24. The molecule has 2 aromatic carbocycles. The number of fused-ring (bicyclic) bond motifs is 1. The molecule has 208 valence electrons. The third kappa shape index (κ3) is 6.00. The first kappa shape index (κ1) is 27.7. The molecule has 0 radical (unpaired) electrons. The maximum Gasteiger partial charge on any atom is 0.303 e. The molecule has 0 atom stereocenters. The Morgan fingerprint density at radius 2 is 1.59 bits per heavy atom. The van der Waals surface area contributed by atoms with Gasteiger partial charge in [-0.2, -0.15) is 12.7 Å². The predicted molar refractivity (Wildman–Crippen MR) is 154 cm³/mol. The van der Waals surface area contributed by atoms with Gasteiger partial charge in [-0.25, -0.2) is 4.72 Å². The number of aromatic nitrogens is 1. The minimum absolute atomic E-state index is 0.0906. The van der Waals surface area contributed by atoms with E-state index in [1.54, 1.807) is 12.1 Å². The topological polar surface area (TPSA) is 101 Å². The van der Waals surface area contributed by atoms with E-state index >= 15 is 0 Å². The smallest absolute Gasteiger partial charge is 0.303 e. The average Bonchev–Trinajstić information content (AvgIpc) is 3.23. The van der Waals surface area contributed by atoms with Gasteiger partial charge in [-0.1, -0.05) is 55.5 Å². The number of nitrogens with one attached hydrogen (secondary N) is 2. The van der Waals surface area contributed by atoms with Gasteiger partial charge in [0.1, 0.15) is 6.54 Å². The van der Waals surface area contributed by atoms with Crippen LogP contribution in [0.2, 0.25) is 5.02 Å². The lowest BCUT2D eigenvalue weighted by atomic mass is 9.82. The summed E-state index contributed by atoms with van der Waals surface area (Å²) in [5, 5.41) is 4.65. The molecule has 0 unspecified atom stereocenters. The zero-order valence-electron chi connectivity index (χ0n) is 22.2. The van der Waals surface area contributed by atoms with Crippen LogP contribution in [0.5, 0.6) is 0 Å². The fraction of sp³-hybridized carbons (Fsp3) is 0.448. The van der Waals surface area contributed by atoms with Crippen molar-refractivity contribution in [3.05, 3.63) is 58.6 Å². The minimum Gasteiger partial charge on any atom is -0.355 e. The Hall–Kier alpha value is -2.88. The fourth-order valence-electron chi connectivity index (χ4n) is 5.84. The SMILES string of the molecule is CN1CCCCCNC(=O)Cn2c(-c3ccc(Cl)cc3)c(C3CCCCC3)c3ccc(cc32)C(=O)NS1(=O)=O. The molecule has 1 aliphatic heterocycles. The number of amides is 2. The Kier molecular flexibility index (Phi) is 8.30. The average molecular weight is 571 g/mol. The van der Waals surface area contributed by atoms with E-state index < -0.39 is 16.1 Å². The van der Waals surface area contributed by atoms with Gasteiger partial charge in [-0.05, 0) is 67.0 Å². The summed E-state index contributed by atoms with van der Waals surface area (Å²) in [6, 6.07) is 12.9. The van der Waals surface area contributed by atoms with Crippen molar-refractivity contribution in [3.8, 4) is 11.3 Å². The van der Waals surface area contributed by atoms with Gasteiger partial charge in [-0.15, -0.1) is 0 Å². The van der Waals surface area contributed by atoms with E-state index in [0.717, 1.165) is 65.0 Å². The summed E-state index contributed by atoms with van der Waals surface area (Å²) in [7, 11) is -2.52. The largest absolute Gasteiger partial charge is 0.355 e. The van der Waals surface area contributed by atoms with Gasteiger partial charge in [0.15, 0.2) is 0 Å². The molecule has 2 amide bonds. The highest BCUT2D eigenvalue weighted by Gasteiger charge is 2.28. The summed E-state index contributed by atoms with van der Waals surface area (Å²) in [6.45, 7) is 0.892. The van der Waals surface area contributed by atoms with E-state index in [1.807, 2.05) is 34.9 Å². The number of hydrogen-bond donors (Lipinski definition) is 2. The van der Waals surface area contributed by atoms with Crippen molar-refractivity contribution in [1.82, 2.24) is 18.9 Å². The maximum atomic E-state index is 13.2. The fourth-order valence-corrected chi connectivity index (χ4v) is 6.85. The van der Waals surface area contributed by atoms with Crippen LogP contribution in [-0.4, -0.2) is 49.2 Å². The summed E-state index contributed by atoms with van der Waals surface area (Å²) >= 11 is 6.23. The second kappa shape index (κ2) is 11.7. The third-order valence-electron chi connectivity index (χ3n) is 7.90. The number of halogens is 1. The van der Waals surface area contributed by atoms with E-state index in [1.165, 1.54) is 19.0 Å². The first-order valence-corrected chi connectivity index (χ1v) is 15.5. The summed E-state index contributed by atoms with van der Waals surface area (Å²) in [5.74, 6) is -0.474. The van der Waals surface area contributed by atoms with Crippen molar-refractivity contribution in [3.63, 3.8) is 0 Å². The van der Waals surface area contributed by atoms with E-state index in [4.69, 9.17) is 11.6 Å². The summed E-state index contributed by atoms with van der Waals surface area (Å²) < 4.78 is 31.0. The van der Waals surface area contributed by atoms with E-state index in [9.17, 15) is 18.0 Å².